The van der Waals surface area contributed by atoms with E-state index in [1.807, 2.05) is 29.2 Å². The van der Waals surface area contributed by atoms with Crippen LogP contribution in [0.15, 0.2) is 24.3 Å². The molecule has 5 heteroatoms. The largest absolute Gasteiger partial charge is 0.486 e. The fraction of sp³-hybridized carbons (Fsp3) is 0.632. The van der Waals surface area contributed by atoms with E-state index in [1.165, 1.54) is 25.7 Å². The number of rotatable bonds is 3. The molecule has 3 atom stereocenters. The lowest BCUT2D eigenvalue weighted by atomic mass is 9.82. The molecule has 2 amide bonds. The molecule has 5 nitrogen and oxygen atoms in total. The fourth-order valence-electron chi connectivity index (χ4n) is 4.22. The minimum atomic E-state index is 0.00289. The van der Waals surface area contributed by atoms with Crippen molar-refractivity contribution in [3.8, 4) is 5.75 Å². The summed E-state index contributed by atoms with van der Waals surface area (Å²) in [4.78, 5) is 14.7. The molecule has 0 aromatic heterocycles. The number of para-hydroxylation sites is 2. The second kappa shape index (κ2) is 7.01. The molecule has 3 unspecified atom stereocenters. The van der Waals surface area contributed by atoms with Gasteiger partial charge in [0.15, 0.2) is 0 Å². The summed E-state index contributed by atoms with van der Waals surface area (Å²) >= 11 is 0. The highest BCUT2D eigenvalue weighted by atomic mass is 16.5. The van der Waals surface area contributed by atoms with Crippen LogP contribution in [0.3, 0.4) is 0 Å². The minimum Gasteiger partial charge on any atom is -0.486 e. The van der Waals surface area contributed by atoms with E-state index in [2.05, 4.69) is 5.32 Å². The molecule has 0 spiro atoms. The minimum absolute atomic E-state index is 0.00289. The zero-order chi connectivity index (χ0) is 16.4. The zero-order valence-electron chi connectivity index (χ0n) is 14.1. The molecule has 1 aromatic rings. The number of hydrogen-bond acceptors (Lipinski definition) is 3. The molecule has 3 fully saturated rings. The topological polar surface area (TPSA) is 50.8 Å². The number of ether oxygens (including phenoxy) is 2. The third-order valence-electron chi connectivity index (χ3n) is 5.57. The number of amides is 2. The van der Waals surface area contributed by atoms with Gasteiger partial charge in [-0.05, 0) is 36.8 Å². The van der Waals surface area contributed by atoms with Crippen LogP contribution in [-0.2, 0) is 4.74 Å². The number of fused-ring (bicyclic) bond motifs is 1. The molecule has 1 aliphatic carbocycles. The number of likely N-dealkylation sites (tertiary alicyclic amines) is 1. The van der Waals surface area contributed by atoms with Crippen LogP contribution in [0.5, 0.6) is 5.75 Å². The molecule has 1 N–H and O–H groups in total. The van der Waals surface area contributed by atoms with E-state index in [0.29, 0.717) is 18.4 Å². The van der Waals surface area contributed by atoms with Gasteiger partial charge in [0, 0.05) is 19.5 Å². The van der Waals surface area contributed by atoms with Crippen molar-refractivity contribution < 1.29 is 14.3 Å². The zero-order valence-corrected chi connectivity index (χ0v) is 14.1. The lowest BCUT2D eigenvalue weighted by molar-refractivity contribution is 0.142. The summed E-state index contributed by atoms with van der Waals surface area (Å²) in [5.41, 5.74) is 0.754. The van der Waals surface area contributed by atoms with Crippen LogP contribution in [0.2, 0.25) is 0 Å². The Hall–Kier alpha value is -1.75. The standard InChI is InChI=1S/C19H26N2O3/c22-19(21-11-14-5-1-2-6-15(14)12-21)20-17-7-3-4-8-18(17)24-16-9-10-23-13-16/h3-4,7-8,14-16H,1-2,5-6,9-13H2,(H,20,22). The van der Waals surface area contributed by atoms with E-state index in [-0.39, 0.29) is 12.1 Å². The maximum atomic E-state index is 12.7. The molecular formula is C19H26N2O3. The number of benzene rings is 1. The maximum Gasteiger partial charge on any atom is 0.321 e. The van der Waals surface area contributed by atoms with Gasteiger partial charge in [0.25, 0.3) is 0 Å². The second-order valence-corrected chi connectivity index (χ2v) is 7.24. The van der Waals surface area contributed by atoms with Crippen molar-refractivity contribution in [2.24, 2.45) is 11.8 Å². The number of nitrogens with one attached hydrogen (secondary N) is 1. The van der Waals surface area contributed by atoms with Crippen molar-refractivity contribution in [2.75, 3.05) is 31.6 Å². The Kier molecular flexibility index (Phi) is 4.60. The summed E-state index contributed by atoms with van der Waals surface area (Å²) in [5, 5.41) is 3.06. The van der Waals surface area contributed by atoms with Crippen molar-refractivity contribution in [2.45, 2.75) is 38.2 Å². The Morgan fingerprint density at radius 1 is 1.12 bits per heavy atom. The van der Waals surface area contributed by atoms with Crippen LogP contribution in [0.4, 0.5) is 10.5 Å². The molecule has 0 radical (unpaired) electrons. The van der Waals surface area contributed by atoms with Crippen molar-refractivity contribution in [1.29, 1.82) is 0 Å². The molecule has 1 saturated carbocycles. The predicted molar refractivity (Wildman–Crippen MR) is 92.3 cm³/mol. The third-order valence-corrected chi connectivity index (χ3v) is 5.57. The van der Waals surface area contributed by atoms with E-state index in [4.69, 9.17) is 9.47 Å². The number of nitrogens with zero attached hydrogens (tertiary/aromatic N) is 1. The van der Waals surface area contributed by atoms with Crippen LogP contribution in [-0.4, -0.2) is 43.3 Å². The van der Waals surface area contributed by atoms with Gasteiger partial charge in [0.2, 0.25) is 0 Å². The summed E-state index contributed by atoms with van der Waals surface area (Å²) < 4.78 is 11.4. The summed E-state index contributed by atoms with van der Waals surface area (Å²) in [5.74, 6) is 2.14. The van der Waals surface area contributed by atoms with Crippen LogP contribution in [0.1, 0.15) is 32.1 Å². The van der Waals surface area contributed by atoms with Gasteiger partial charge in [-0.25, -0.2) is 4.79 Å². The first-order valence-corrected chi connectivity index (χ1v) is 9.19. The first-order valence-electron chi connectivity index (χ1n) is 9.19. The predicted octanol–water partition coefficient (Wildman–Crippen LogP) is 3.51. The quantitative estimate of drug-likeness (QED) is 0.923. The van der Waals surface area contributed by atoms with Gasteiger partial charge in [-0.3, -0.25) is 0 Å². The van der Waals surface area contributed by atoms with Crippen molar-refractivity contribution >= 4 is 11.7 Å². The number of anilines is 1. The molecular weight excluding hydrogens is 304 g/mol. The molecule has 1 aromatic carbocycles. The second-order valence-electron chi connectivity index (χ2n) is 7.24. The van der Waals surface area contributed by atoms with Gasteiger partial charge >= 0.3 is 6.03 Å². The summed E-state index contributed by atoms with van der Waals surface area (Å²) in [7, 11) is 0. The van der Waals surface area contributed by atoms with Gasteiger partial charge in [-0.2, -0.15) is 0 Å². The summed E-state index contributed by atoms with van der Waals surface area (Å²) in [6.07, 6.45) is 6.16. The molecule has 2 saturated heterocycles. The van der Waals surface area contributed by atoms with Gasteiger partial charge in [0.05, 0.1) is 18.9 Å². The molecule has 2 aliphatic heterocycles. The summed E-state index contributed by atoms with van der Waals surface area (Å²) in [6, 6.07) is 7.69. The Balaban J connectivity index is 1.40. The Labute approximate surface area is 143 Å². The number of urea groups is 1. The van der Waals surface area contributed by atoms with Gasteiger partial charge in [0.1, 0.15) is 11.9 Å². The van der Waals surface area contributed by atoms with E-state index in [9.17, 15) is 4.79 Å². The molecule has 130 valence electrons. The normalized spacial score (nSPS) is 29.3. The first-order chi connectivity index (χ1) is 11.8. The number of hydrogen-bond donors (Lipinski definition) is 1. The average Bonchev–Trinajstić information content (AvgIpc) is 3.25. The maximum absolute atomic E-state index is 12.7. The van der Waals surface area contributed by atoms with E-state index < -0.39 is 0 Å². The number of carbonyl (C=O) groups excluding carboxylic acids is 1. The van der Waals surface area contributed by atoms with Crippen LogP contribution < -0.4 is 10.1 Å². The summed E-state index contributed by atoms with van der Waals surface area (Å²) in [6.45, 7) is 3.17. The smallest absolute Gasteiger partial charge is 0.321 e. The van der Waals surface area contributed by atoms with E-state index >= 15 is 0 Å². The van der Waals surface area contributed by atoms with Crippen molar-refractivity contribution in [3.63, 3.8) is 0 Å². The lowest BCUT2D eigenvalue weighted by Crippen LogP contribution is -2.33. The average molecular weight is 330 g/mol. The van der Waals surface area contributed by atoms with E-state index in [1.54, 1.807) is 0 Å². The van der Waals surface area contributed by atoms with Gasteiger partial charge in [-0.15, -0.1) is 0 Å². The number of carbonyl (C=O) groups is 1. The Bertz CT molecular complexity index is 572. The molecule has 4 rings (SSSR count). The van der Waals surface area contributed by atoms with Crippen LogP contribution in [0, 0.1) is 11.8 Å². The van der Waals surface area contributed by atoms with Gasteiger partial charge in [-0.1, -0.05) is 25.0 Å². The highest BCUT2D eigenvalue weighted by Gasteiger charge is 2.36. The van der Waals surface area contributed by atoms with Crippen LogP contribution in [0.25, 0.3) is 0 Å². The first kappa shape index (κ1) is 15.8. The molecule has 2 heterocycles. The third kappa shape index (κ3) is 3.36. The molecule has 3 aliphatic rings. The molecule has 24 heavy (non-hydrogen) atoms. The van der Waals surface area contributed by atoms with E-state index in [0.717, 1.165) is 37.6 Å². The Morgan fingerprint density at radius 3 is 2.58 bits per heavy atom. The van der Waals surface area contributed by atoms with Crippen molar-refractivity contribution in [1.82, 2.24) is 4.90 Å². The molecule has 0 bridgehead atoms. The highest BCUT2D eigenvalue weighted by molar-refractivity contribution is 5.91. The fourth-order valence-corrected chi connectivity index (χ4v) is 4.22. The lowest BCUT2D eigenvalue weighted by Gasteiger charge is -2.22. The van der Waals surface area contributed by atoms with Gasteiger partial charge < -0.3 is 19.7 Å². The Morgan fingerprint density at radius 2 is 1.88 bits per heavy atom. The van der Waals surface area contributed by atoms with Crippen LogP contribution >= 0.6 is 0 Å². The van der Waals surface area contributed by atoms with Crippen molar-refractivity contribution in [3.05, 3.63) is 24.3 Å². The highest BCUT2D eigenvalue weighted by Crippen LogP contribution is 2.36. The SMILES string of the molecule is O=C(Nc1ccccc1OC1CCOC1)N1CC2CCCCC2C1. The monoisotopic (exact) mass is 330 g/mol.